The molecule has 3 aromatic rings. The maximum atomic E-state index is 12.3. The first-order valence-corrected chi connectivity index (χ1v) is 9.13. The van der Waals surface area contributed by atoms with Crippen molar-refractivity contribution in [3.05, 3.63) is 52.5 Å². The smallest absolute Gasteiger partial charge is 0.475 e. The van der Waals surface area contributed by atoms with E-state index in [0.717, 1.165) is 31.6 Å². The zero-order chi connectivity index (χ0) is 21.7. The summed E-state index contributed by atoms with van der Waals surface area (Å²) in [6.45, 7) is 1.90. The number of hydrogen-bond acceptors (Lipinski definition) is 6. The number of carboxylic acids is 1. The first-order chi connectivity index (χ1) is 14.3. The number of pyridine rings is 1. The molecule has 3 N–H and O–H groups in total. The zero-order valence-electron chi connectivity index (χ0n) is 15.7. The number of hydrogen-bond donors (Lipinski definition) is 3. The van der Waals surface area contributed by atoms with Gasteiger partial charge >= 0.3 is 12.1 Å². The molecule has 0 amide bonds. The van der Waals surface area contributed by atoms with Gasteiger partial charge in [-0.05, 0) is 31.5 Å². The summed E-state index contributed by atoms with van der Waals surface area (Å²) in [4.78, 5) is 33.0. The maximum Gasteiger partial charge on any atom is 0.490 e. The fraction of sp³-hybridized carbons (Fsp3) is 0.389. The van der Waals surface area contributed by atoms with Gasteiger partial charge in [0, 0.05) is 24.9 Å². The summed E-state index contributed by atoms with van der Waals surface area (Å²) in [6, 6.07) is 5.97. The SMILES string of the molecule is O=C(O)C(F)(F)F.O=c1[nH]c(Cc2ccccn2)nc2c1cnn2C1CCCNC1. The van der Waals surface area contributed by atoms with Gasteiger partial charge in [0.25, 0.3) is 5.56 Å². The number of aliphatic carboxylic acids is 1. The van der Waals surface area contributed by atoms with Crippen LogP contribution in [0.15, 0.2) is 35.4 Å². The van der Waals surface area contributed by atoms with Crippen molar-refractivity contribution in [2.75, 3.05) is 13.1 Å². The molecule has 0 aromatic carbocycles. The highest BCUT2D eigenvalue weighted by Gasteiger charge is 2.38. The van der Waals surface area contributed by atoms with Gasteiger partial charge in [-0.2, -0.15) is 18.3 Å². The second-order valence-corrected chi connectivity index (χ2v) is 6.64. The molecule has 1 saturated heterocycles. The van der Waals surface area contributed by atoms with Crippen molar-refractivity contribution in [2.45, 2.75) is 31.5 Å². The molecule has 1 aliphatic heterocycles. The zero-order valence-corrected chi connectivity index (χ0v) is 15.7. The third kappa shape index (κ3) is 5.20. The molecule has 0 saturated carbocycles. The number of aromatic amines is 1. The molecule has 4 heterocycles. The Labute approximate surface area is 168 Å². The predicted octanol–water partition coefficient (Wildman–Crippen LogP) is 1.66. The summed E-state index contributed by atoms with van der Waals surface area (Å²) in [6.07, 6.45) is 0.925. The third-order valence-electron chi connectivity index (χ3n) is 4.45. The summed E-state index contributed by atoms with van der Waals surface area (Å²) in [7, 11) is 0. The van der Waals surface area contributed by atoms with Crippen LogP contribution in [0.3, 0.4) is 0 Å². The van der Waals surface area contributed by atoms with E-state index < -0.39 is 12.1 Å². The van der Waals surface area contributed by atoms with Gasteiger partial charge < -0.3 is 15.4 Å². The number of halogens is 3. The van der Waals surface area contributed by atoms with E-state index in [1.54, 1.807) is 12.4 Å². The van der Waals surface area contributed by atoms with Crippen LogP contribution >= 0.6 is 0 Å². The van der Waals surface area contributed by atoms with Crippen molar-refractivity contribution in [1.29, 1.82) is 0 Å². The number of alkyl halides is 3. The van der Waals surface area contributed by atoms with Gasteiger partial charge in [0.2, 0.25) is 0 Å². The lowest BCUT2D eigenvalue weighted by Crippen LogP contribution is -2.32. The molecular weight excluding hydrogens is 405 g/mol. The number of fused-ring (bicyclic) bond motifs is 1. The van der Waals surface area contributed by atoms with Gasteiger partial charge in [0.05, 0.1) is 12.2 Å². The Kier molecular flexibility index (Phi) is 6.45. The average Bonchev–Trinajstić information content (AvgIpc) is 3.14. The molecule has 30 heavy (non-hydrogen) atoms. The van der Waals surface area contributed by atoms with Crippen LogP contribution in [0, 0.1) is 0 Å². The normalized spacial score (nSPS) is 16.7. The summed E-state index contributed by atoms with van der Waals surface area (Å²) >= 11 is 0. The molecule has 3 aromatic heterocycles. The fourth-order valence-corrected chi connectivity index (χ4v) is 3.05. The van der Waals surface area contributed by atoms with Gasteiger partial charge in [-0.3, -0.25) is 9.78 Å². The number of nitrogens with zero attached hydrogens (tertiary/aromatic N) is 4. The van der Waals surface area contributed by atoms with E-state index >= 15 is 0 Å². The van der Waals surface area contributed by atoms with Gasteiger partial charge in [0.15, 0.2) is 5.65 Å². The summed E-state index contributed by atoms with van der Waals surface area (Å²) in [5, 5.41) is 15.4. The molecule has 1 aliphatic rings. The second-order valence-electron chi connectivity index (χ2n) is 6.64. The monoisotopic (exact) mass is 424 g/mol. The van der Waals surface area contributed by atoms with E-state index in [-0.39, 0.29) is 11.6 Å². The van der Waals surface area contributed by atoms with Crippen LogP contribution in [0.5, 0.6) is 0 Å². The molecule has 0 bridgehead atoms. The van der Waals surface area contributed by atoms with Crippen LogP contribution in [-0.2, 0) is 11.2 Å². The molecule has 160 valence electrons. The number of rotatable bonds is 3. The van der Waals surface area contributed by atoms with Gasteiger partial charge in [-0.15, -0.1) is 0 Å². The topological polar surface area (TPSA) is 126 Å². The average molecular weight is 424 g/mol. The van der Waals surface area contributed by atoms with Gasteiger partial charge in [-0.1, -0.05) is 6.07 Å². The lowest BCUT2D eigenvalue weighted by Gasteiger charge is -2.23. The lowest BCUT2D eigenvalue weighted by atomic mass is 10.1. The fourth-order valence-electron chi connectivity index (χ4n) is 3.05. The number of nitrogens with one attached hydrogen (secondary N) is 2. The molecule has 1 unspecified atom stereocenters. The molecule has 0 radical (unpaired) electrons. The standard InChI is InChI=1S/C16H18N6O.C2HF3O2/c23-16-13-10-19-22(12-5-3-6-17-9-12)15(13)20-14(21-16)8-11-4-1-2-7-18-11;3-2(4,5)1(6)7/h1-2,4,7,10,12,17H,3,5-6,8-9H2,(H,20,21,23);(H,6,7). The van der Waals surface area contributed by atoms with Crippen LogP contribution in [0.1, 0.15) is 30.4 Å². The number of aromatic nitrogens is 5. The van der Waals surface area contributed by atoms with E-state index in [9.17, 15) is 18.0 Å². The minimum Gasteiger partial charge on any atom is -0.475 e. The number of carbonyl (C=O) groups is 1. The molecule has 1 fully saturated rings. The third-order valence-corrected chi connectivity index (χ3v) is 4.45. The second kappa shape index (κ2) is 9.03. The summed E-state index contributed by atoms with van der Waals surface area (Å²) in [5.41, 5.74) is 1.39. The molecule has 1 atom stereocenters. The van der Waals surface area contributed by atoms with Crippen molar-refractivity contribution in [1.82, 2.24) is 30.0 Å². The molecule has 9 nitrogen and oxygen atoms in total. The van der Waals surface area contributed by atoms with Crippen molar-refractivity contribution in [3.63, 3.8) is 0 Å². The predicted molar refractivity (Wildman–Crippen MR) is 100 cm³/mol. The van der Waals surface area contributed by atoms with Crippen LogP contribution < -0.4 is 10.9 Å². The van der Waals surface area contributed by atoms with Crippen molar-refractivity contribution >= 4 is 17.0 Å². The molecule has 0 spiro atoms. The van der Waals surface area contributed by atoms with Gasteiger partial charge in [0.1, 0.15) is 11.2 Å². The van der Waals surface area contributed by atoms with Crippen molar-refractivity contribution < 1.29 is 23.1 Å². The van der Waals surface area contributed by atoms with Crippen LogP contribution in [0.2, 0.25) is 0 Å². The number of piperidine rings is 1. The quantitative estimate of drug-likeness (QED) is 0.584. The van der Waals surface area contributed by atoms with Crippen molar-refractivity contribution in [2.24, 2.45) is 0 Å². The Hall–Kier alpha value is -3.28. The Morgan fingerprint density at radius 2 is 2.10 bits per heavy atom. The van der Waals surface area contributed by atoms with E-state index in [1.165, 1.54) is 0 Å². The summed E-state index contributed by atoms with van der Waals surface area (Å²) < 4.78 is 33.6. The Balaban J connectivity index is 0.000000318. The van der Waals surface area contributed by atoms with E-state index in [1.807, 2.05) is 22.9 Å². The molecular formula is C18H19F3N6O3. The van der Waals surface area contributed by atoms with Gasteiger partial charge in [-0.25, -0.2) is 14.5 Å². The first-order valence-electron chi connectivity index (χ1n) is 9.13. The highest BCUT2D eigenvalue weighted by Crippen LogP contribution is 2.20. The Morgan fingerprint density at radius 1 is 1.33 bits per heavy atom. The Morgan fingerprint density at radius 3 is 2.70 bits per heavy atom. The highest BCUT2D eigenvalue weighted by molar-refractivity contribution is 5.73. The van der Waals surface area contributed by atoms with E-state index in [4.69, 9.17) is 9.90 Å². The molecule has 12 heteroatoms. The molecule has 4 rings (SSSR count). The van der Waals surface area contributed by atoms with E-state index in [0.29, 0.717) is 23.3 Å². The van der Waals surface area contributed by atoms with Crippen LogP contribution in [-0.4, -0.2) is 55.1 Å². The highest BCUT2D eigenvalue weighted by atomic mass is 19.4. The minimum atomic E-state index is -5.08. The maximum absolute atomic E-state index is 12.3. The van der Waals surface area contributed by atoms with Crippen LogP contribution in [0.25, 0.3) is 11.0 Å². The van der Waals surface area contributed by atoms with Crippen molar-refractivity contribution in [3.8, 4) is 0 Å². The molecule has 0 aliphatic carbocycles. The summed E-state index contributed by atoms with van der Waals surface area (Å²) in [5.74, 6) is -2.14. The largest absolute Gasteiger partial charge is 0.490 e. The lowest BCUT2D eigenvalue weighted by molar-refractivity contribution is -0.192. The first kappa shape index (κ1) is 21.4. The minimum absolute atomic E-state index is 0.143. The number of carboxylic acid groups (broad SMARTS) is 1. The van der Waals surface area contributed by atoms with E-state index in [2.05, 4.69) is 25.4 Å². The van der Waals surface area contributed by atoms with Crippen LogP contribution in [0.4, 0.5) is 13.2 Å². The Bertz CT molecular complexity index is 1060. The number of H-pyrrole nitrogens is 1.